The zero-order valence-electron chi connectivity index (χ0n) is 12.5. The Hall–Kier alpha value is -0.0800. The minimum absolute atomic E-state index is 0.438. The first-order chi connectivity index (χ1) is 8.65. The Balaban J connectivity index is 1.96. The van der Waals surface area contributed by atoms with Gasteiger partial charge in [0.05, 0.1) is 0 Å². The van der Waals surface area contributed by atoms with Crippen molar-refractivity contribution in [2.45, 2.75) is 71.3 Å². The molecule has 0 aromatic carbocycles. The first-order valence-electron chi connectivity index (χ1n) is 8.09. The largest absolute Gasteiger partial charge is 0.330 e. The zero-order valence-corrected chi connectivity index (χ0v) is 12.5. The lowest BCUT2D eigenvalue weighted by Gasteiger charge is -2.38. The highest BCUT2D eigenvalue weighted by molar-refractivity contribution is 4.92. The number of hydrogen-bond acceptors (Lipinski definition) is 2. The summed E-state index contributed by atoms with van der Waals surface area (Å²) >= 11 is 0. The van der Waals surface area contributed by atoms with Crippen molar-refractivity contribution in [2.24, 2.45) is 17.1 Å². The van der Waals surface area contributed by atoms with E-state index in [1.807, 2.05) is 0 Å². The predicted molar refractivity (Wildman–Crippen MR) is 78.6 cm³/mol. The Morgan fingerprint density at radius 3 is 2.17 bits per heavy atom. The second kappa shape index (κ2) is 6.38. The molecule has 0 aromatic heterocycles. The topological polar surface area (TPSA) is 29.3 Å². The van der Waals surface area contributed by atoms with Crippen LogP contribution in [0.25, 0.3) is 0 Å². The molecule has 18 heavy (non-hydrogen) atoms. The molecule has 0 radical (unpaired) electrons. The molecule has 0 unspecified atom stereocenters. The molecule has 2 fully saturated rings. The van der Waals surface area contributed by atoms with Crippen molar-refractivity contribution in [1.29, 1.82) is 0 Å². The van der Waals surface area contributed by atoms with Crippen LogP contribution in [0.5, 0.6) is 0 Å². The van der Waals surface area contributed by atoms with Crippen molar-refractivity contribution in [1.82, 2.24) is 4.90 Å². The summed E-state index contributed by atoms with van der Waals surface area (Å²) in [6.45, 7) is 8.13. The normalized spacial score (nSPS) is 24.5. The fraction of sp³-hybridized carbons (Fsp3) is 1.00. The fourth-order valence-electron chi connectivity index (χ4n) is 3.59. The molecule has 106 valence electrons. The molecule has 0 aromatic rings. The maximum absolute atomic E-state index is 6.18. The molecule has 2 heteroatoms. The van der Waals surface area contributed by atoms with Crippen LogP contribution < -0.4 is 5.73 Å². The molecule has 2 aliphatic carbocycles. The summed E-state index contributed by atoms with van der Waals surface area (Å²) in [6.07, 6.45) is 11.2. The van der Waals surface area contributed by atoms with Crippen LogP contribution >= 0.6 is 0 Å². The van der Waals surface area contributed by atoms with Crippen LogP contribution in [0.1, 0.15) is 65.2 Å². The van der Waals surface area contributed by atoms with Crippen LogP contribution in [0.2, 0.25) is 0 Å². The van der Waals surface area contributed by atoms with Gasteiger partial charge in [0.1, 0.15) is 0 Å². The van der Waals surface area contributed by atoms with E-state index in [0.29, 0.717) is 5.41 Å². The Morgan fingerprint density at radius 2 is 1.72 bits per heavy atom. The van der Waals surface area contributed by atoms with E-state index in [4.69, 9.17) is 5.73 Å². The first-order valence-corrected chi connectivity index (χ1v) is 8.09. The molecule has 0 atom stereocenters. The van der Waals surface area contributed by atoms with Gasteiger partial charge in [0.25, 0.3) is 0 Å². The number of hydrogen-bond donors (Lipinski definition) is 1. The Bertz CT molecular complexity index is 237. The standard InChI is InChI=1S/C16H32N2/c1-14(2)11-18(15-7-8-15)13-16(12-17)9-5-3-4-6-10-16/h14-15H,3-13,17H2,1-2H3. The van der Waals surface area contributed by atoms with Crippen molar-refractivity contribution < 1.29 is 0 Å². The third kappa shape index (κ3) is 3.96. The molecular formula is C16H32N2. The highest BCUT2D eigenvalue weighted by atomic mass is 15.2. The SMILES string of the molecule is CC(C)CN(CC1(CN)CCCCCC1)C1CC1. The van der Waals surface area contributed by atoms with Crippen LogP contribution in [0.4, 0.5) is 0 Å². The number of nitrogens with two attached hydrogens (primary N) is 1. The fourth-order valence-corrected chi connectivity index (χ4v) is 3.59. The van der Waals surface area contributed by atoms with E-state index in [-0.39, 0.29) is 0 Å². The van der Waals surface area contributed by atoms with Gasteiger partial charge in [-0.3, -0.25) is 4.90 Å². The van der Waals surface area contributed by atoms with E-state index in [9.17, 15) is 0 Å². The van der Waals surface area contributed by atoms with Gasteiger partial charge in [-0.15, -0.1) is 0 Å². The maximum Gasteiger partial charge on any atom is 0.00967 e. The lowest BCUT2D eigenvalue weighted by atomic mass is 9.79. The number of rotatable bonds is 6. The van der Waals surface area contributed by atoms with Gasteiger partial charge in [0, 0.05) is 19.1 Å². The molecule has 2 saturated carbocycles. The first kappa shape index (κ1) is 14.3. The molecule has 0 saturated heterocycles. The van der Waals surface area contributed by atoms with E-state index in [1.54, 1.807) is 0 Å². The minimum Gasteiger partial charge on any atom is -0.330 e. The Labute approximate surface area is 113 Å². The second-order valence-electron chi connectivity index (χ2n) is 7.17. The Morgan fingerprint density at radius 1 is 1.11 bits per heavy atom. The van der Waals surface area contributed by atoms with Crippen molar-refractivity contribution in [3.63, 3.8) is 0 Å². The van der Waals surface area contributed by atoms with Gasteiger partial charge in [-0.25, -0.2) is 0 Å². The molecule has 2 rings (SSSR count). The molecule has 0 amide bonds. The average Bonchev–Trinajstić information content (AvgIpc) is 3.15. The molecule has 2 nitrogen and oxygen atoms in total. The molecule has 0 bridgehead atoms. The summed E-state index contributed by atoms with van der Waals surface area (Å²) in [5.41, 5.74) is 6.62. The molecule has 2 N–H and O–H groups in total. The van der Waals surface area contributed by atoms with Crippen molar-refractivity contribution in [3.8, 4) is 0 Å². The smallest absolute Gasteiger partial charge is 0.00967 e. The lowest BCUT2D eigenvalue weighted by molar-refractivity contribution is 0.119. The highest BCUT2D eigenvalue weighted by Gasteiger charge is 2.37. The van der Waals surface area contributed by atoms with E-state index < -0.39 is 0 Å². The monoisotopic (exact) mass is 252 g/mol. The van der Waals surface area contributed by atoms with Crippen molar-refractivity contribution >= 4 is 0 Å². The van der Waals surface area contributed by atoms with Crippen molar-refractivity contribution in [2.75, 3.05) is 19.6 Å². The number of nitrogens with zero attached hydrogens (tertiary/aromatic N) is 1. The summed E-state index contributed by atoms with van der Waals surface area (Å²) < 4.78 is 0. The van der Waals surface area contributed by atoms with Crippen LogP contribution in [0, 0.1) is 11.3 Å². The third-order valence-electron chi connectivity index (χ3n) is 4.80. The van der Waals surface area contributed by atoms with E-state index >= 15 is 0 Å². The van der Waals surface area contributed by atoms with Crippen molar-refractivity contribution in [3.05, 3.63) is 0 Å². The third-order valence-corrected chi connectivity index (χ3v) is 4.80. The second-order valence-corrected chi connectivity index (χ2v) is 7.17. The summed E-state index contributed by atoms with van der Waals surface area (Å²) in [5.74, 6) is 0.784. The molecule has 0 heterocycles. The van der Waals surface area contributed by atoms with Gasteiger partial charge < -0.3 is 5.73 Å². The molecule has 2 aliphatic rings. The van der Waals surface area contributed by atoms with E-state index in [0.717, 1.165) is 18.5 Å². The molecule has 0 aliphatic heterocycles. The van der Waals surface area contributed by atoms with Gasteiger partial charge in [0.15, 0.2) is 0 Å². The molecule has 0 spiro atoms. The van der Waals surface area contributed by atoms with E-state index in [2.05, 4.69) is 18.7 Å². The van der Waals surface area contributed by atoms with Gasteiger partial charge in [-0.05, 0) is 43.6 Å². The van der Waals surface area contributed by atoms with Crippen LogP contribution in [-0.4, -0.2) is 30.6 Å². The molecular weight excluding hydrogens is 220 g/mol. The van der Waals surface area contributed by atoms with E-state index in [1.165, 1.54) is 64.5 Å². The Kier molecular flexibility index (Phi) is 5.08. The maximum atomic E-state index is 6.18. The lowest BCUT2D eigenvalue weighted by Crippen LogP contribution is -2.44. The van der Waals surface area contributed by atoms with Gasteiger partial charge in [0.2, 0.25) is 0 Å². The minimum atomic E-state index is 0.438. The average molecular weight is 252 g/mol. The zero-order chi connectivity index (χ0) is 13.0. The van der Waals surface area contributed by atoms with Crippen LogP contribution in [0.3, 0.4) is 0 Å². The highest BCUT2D eigenvalue weighted by Crippen LogP contribution is 2.38. The summed E-state index contributed by atoms with van der Waals surface area (Å²) in [7, 11) is 0. The van der Waals surface area contributed by atoms with Crippen LogP contribution in [0.15, 0.2) is 0 Å². The summed E-state index contributed by atoms with van der Waals surface area (Å²) in [5, 5.41) is 0. The summed E-state index contributed by atoms with van der Waals surface area (Å²) in [4.78, 5) is 2.77. The predicted octanol–water partition coefficient (Wildman–Crippen LogP) is 3.41. The van der Waals surface area contributed by atoms with Gasteiger partial charge in [-0.2, -0.15) is 0 Å². The summed E-state index contributed by atoms with van der Waals surface area (Å²) in [6, 6.07) is 0.888. The van der Waals surface area contributed by atoms with Crippen LogP contribution in [-0.2, 0) is 0 Å². The van der Waals surface area contributed by atoms with Gasteiger partial charge >= 0.3 is 0 Å². The quantitative estimate of drug-likeness (QED) is 0.734. The van der Waals surface area contributed by atoms with Gasteiger partial charge in [-0.1, -0.05) is 39.5 Å².